The molecule has 2 atom stereocenters. The highest BCUT2D eigenvalue weighted by Gasteiger charge is 2.26. The minimum absolute atomic E-state index is 0.810. The van der Waals surface area contributed by atoms with E-state index in [9.17, 15) is 0 Å². The third-order valence-electron chi connectivity index (χ3n) is 6.21. The molecule has 0 N–H and O–H groups in total. The zero-order valence-corrected chi connectivity index (χ0v) is 14.8. The average molecular weight is 306 g/mol. The van der Waals surface area contributed by atoms with E-state index in [1.54, 1.807) is 5.57 Å². The van der Waals surface area contributed by atoms with Crippen molar-refractivity contribution in [3.05, 3.63) is 11.6 Å². The van der Waals surface area contributed by atoms with E-state index in [1.807, 2.05) is 0 Å². The maximum atomic E-state index is 2.72. The van der Waals surface area contributed by atoms with Gasteiger partial charge in [0.05, 0.1) is 0 Å². The lowest BCUT2D eigenvalue weighted by Crippen LogP contribution is -2.50. The second kappa shape index (κ2) is 7.94. The summed E-state index contributed by atoms with van der Waals surface area (Å²) in [5.74, 6) is 1.68. The van der Waals surface area contributed by atoms with E-state index in [2.05, 4.69) is 34.6 Å². The first-order valence-corrected chi connectivity index (χ1v) is 9.56. The zero-order chi connectivity index (χ0) is 15.4. The number of hydrogen-bond acceptors (Lipinski definition) is 3. The summed E-state index contributed by atoms with van der Waals surface area (Å²) in [6.45, 7) is 16.5. The van der Waals surface area contributed by atoms with E-state index >= 15 is 0 Å². The molecule has 3 aliphatic rings. The Hall–Kier alpha value is -0.380. The smallest absolute Gasteiger partial charge is 0.0110 e. The summed E-state index contributed by atoms with van der Waals surface area (Å²) in [4.78, 5) is 8.04. The molecule has 0 unspecified atom stereocenters. The van der Waals surface area contributed by atoms with Crippen LogP contribution in [0.4, 0.5) is 0 Å². The van der Waals surface area contributed by atoms with Crippen LogP contribution in [0.3, 0.4) is 0 Å². The van der Waals surface area contributed by atoms with E-state index in [1.165, 1.54) is 84.6 Å². The van der Waals surface area contributed by atoms with E-state index < -0.39 is 0 Å². The molecular weight excluding hydrogens is 270 g/mol. The van der Waals surface area contributed by atoms with Gasteiger partial charge in [0.25, 0.3) is 0 Å². The van der Waals surface area contributed by atoms with Crippen molar-refractivity contribution < 1.29 is 0 Å². The van der Waals surface area contributed by atoms with Crippen molar-refractivity contribution in [1.82, 2.24) is 14.7 Å². The van der Waals surface area contributed by atoms with Gasteiger partial charge in [0.1, 0.15) is 0 Å². The molecule has 2 aliphatic heterocycles. The number of likely N-dealkylation sites (tertiary alicyclic amines) is 1. The molecule has 0 spiro atoms. The quantitative estimate of drug-likeness (QED) is 0.723. The summed E-state index contributed by atoms with van der Waals surface area (Å²) in [7, 11) is 0. The van der Waals surface area contributed by atoms with Gasteiger partial charge in [-0.15, -0.1) is 0 Å². The van der Waals surface area contributed by atoms with Crippen molar-refractivity contribution in [2.75, 3.05) is 58.9 Å². The molecule has 0 radical (unpaired) electrons. The van der Waals surface area contributed by atoms with E-state index in [0.717, 1.165) is 11.8 Å². The van der Waals surface area contributed by atoms with E-state index in [4.69, 9.17) is 0 Å². The Balaban J connectivity index is 1.38. The molecule has 22 heavy (non-hydrogen) atoms. The highest BCUT2D eigenvalue weighted by atomic mass is 15.3. The molecule has 2 heterocycles. The lowest BCUT2D eigenvalue weighted by molar-refractivity contribution is 0.104. The van der Waals surface area contributed by atoms with Gasteiger partial charge in [-0.25, -0.2) is 0 Å². The number of hydrogen-bond donors (Lipinski definition) is 0. The van der Waals surface area contributed by atoms with Gasteiger partial charge < -0.3 is 9.80 Å². The Kier molecular flexibility index (Phi) is 5.95. The van der Waals surface area contributed by atoms with Crippen LogP contribution in [-0.2, 0) is 0 Å². The minimum Gasteiger partial charge on any atom is -0.302 e. The van der Waals surface area contributed by atoms with Crippen LogP contribution < -0.4 is 0 Å². The van der Waals surface area contributed by atoms with Crippen molar-refractivity contribution >= 4 is 0 Å². The topological polar surface area (TPSA) is 9.72 Å². The Labute approximate surface area is 137 Å². The van der Waals surface area contributed by atoms with Crippen LogP contribution in [0.25, 0.3) is 0 Å². The van der Waals surface area contributed by atoms with Crippen molar-refractivity contribution in [2.24, 2.45) is 11.8 Å². The molecule has 1 aliphatic carbocycles. The van der Waals surface area contributed by atoms with Gasteiger partial charge in [0.15, 0.2) is 0 Å². The van der Waals surface area contributed by atoms with E-state index in [-0.39, 0.29) is 0 Å². The largest absolute Gasteiger partial charge is 0.302 e. The Morgan fingerprint density at radius 2 is 1.50 bits per heavy atom. The molecule has 0 bridgehead atoms. The van der Waals surface area contributed by atoms with Gasteiger partial charge in [-0.1, -0.05) is 18.6 Å². The summed E-state index contributed by atoms with van der Waals surface area (Å²) >= 11 is 0. The maximum Gasteiger partial charge on any atom is 0.0110 e. The second-order valence-electron chi connectivity index (χ2n) is 7.80. The van der Waals surface area contributed by atoms with Gasteiger partial charge in [-0.3, -0.25) is 4.90 Å². The monoisotopic (exact) mass is 305 g/mol. The molecule has 3 heteroatoms. The average Bonchev–Trinajstić information content (AvgIpc) is 3.04. The highest BCUT2D eigenvalue weighted by molar-refractivity contribution is 5.09. The summed E-state index contributed by atoms with van der Waals surface area (Å²) in [5.41, 5.74) is 1.65. The van der Waals surface area contributed by atoms with Crippen molar-refractivity contribution in [3.63, 3.8) is 0 Å². The minimum atomic E-state index is 0.810. The number of rotatable bonds is 5. The lowest BCUT2D eigenvalue weighted by atomic mass is 9.80. The normalized spacial score (nSPS) is 32.4. The maximum absolute atomic E-state index is 2.72. The molecule has 3 rings (SSSR count). The van der Waals surface area contributed by atoms with Gasteiger partial charge in [-0.05, 0) is 57.5 Å². The predicted octanol–water partition coefficient (Wildman–Crippen LogP) is 2.69. The van der Waals surface area contributed by atoms with Crippen molar-refractivity contribution in [1.29, 1.82) is 0 Å². The molecule has 0 aromatic carbocycles. The fourth-order valence-corrected chi connectivity index (χ4v) is 4.46. The summed E-state index contributed by atoms with van der Waals surface area (Å²) < 4.78 is 0. The standard InChI is InChI=1S/C19H35N3/c1-17-6-5-7-18(2)19(17)16-22-14-12-21(13-15-22)11-10-20-8-3-4-9-20/h6,18-19H,3-5,7-16H2,1-2H3/t18-,19-/m1/s1. The number of piperazine rings is 1. The zero-order valence-electron chi connectivity index (χ0n) is 14.8. The van der Waals surface area contributed by atoms with Gasteiger partial charge in [0.2, 0.25) is 0 Å². The number of allylic oxidation sites excluding steroid dienone is 1. The Morgan fingerprint density at radius 1 is 0.909 bits per heavy atom. The summed E-state index contributed by atoms with van der Waals surface area (Å²) in [6.07, 6.45) is 8.00. The first-order valence-electron chi connectivity index (χ1n) is 9.56. The molecule has 0 saturated carbocycles. The number of nitrogens with zero attached hydrogens (tertiary/aromatic N) is 3. The van der Waals surface area contributed by atoms with Gasteiger partial charge >= 0.3 is 0 Å². The molecule has 2 fully saturated rings. The molecule has 2 saturated heterocycles. The molecule has 126 valence electrons. The first-order chi connectivity index (χ1) is 10.7. The van der Waals surface area contributed by atoms with Crippen molar-refractivity contribution in [3.8, 4) is 0 Å². The second-order valence-corrected chi connectivity index (χ2v) is 7.80. The van der Waals surface area contributed by atoms with Crippen LogP contribution in [-0.4, -0.2) is 73.6 Å². The Bertz CT molecular complexity index is 365. The fraction of sp³-hybridized carbons (Fsp3) is 0.895. The van der Waals surface area contributed by atoms with Crippen LogP contribution in [0.15, 0.2) is 11.6 Å². The molecule has 0 amide bonds. The highest BCUT2D eigenvalue weighted by Crippen LogP contribution is 2.30. The van der Waals surface area contributed by atoms with Crippen LogP contribution in [0.1, 0.15) is 39.5 Å². The van der Waals surface area contributed by atoms with Crippen LogP contribution in [0.5, 0.6) is 0 Å². The third-order valence-corrected chi connectivity index (χ3v) is 6.21. The first kappa shape index (κ1) is 16.5. The van der Waals surface area contributed by atoms with Crippen LogP contribution in [0.2, 0.25) is 0 Å². The fourth-order valence-electron chi connectivity index (χ4n) is 4.46. The van der Waals surface area contributed by atoms with Gasteiger partial charge in [0, 0.05) is 45.8 Å². The van der Waals surface area contributed by atoms with Crippen LogP contribution >= 0.6 is 0 Å². The SMILES string of the molecule is CC1=CCC[C@@H](C)[C@@H]1CN1CCN(CCN2CCCC2)CC1. The third kappa shape index (κ3) is 4.33. The lowest BCUT2D eigenvalue weighted by Gasteiger charge is -2.39. The van der Waals surface area contributed by atoms with Crippen molar-refractivity contribution in [2.45, 2.75) is 39.5 Å². The molecular formula is C19H35N3. The van der Waals surface area contributed by atoms with Crippen LogP contribution in [0, 0.1) is 11.8 Å². The Morgan fingerprint density at radius 3 is 2.14 bits per heavy atom. The summed E-state index contributed by atoms with van der Waals surface area (Å²) in [5, 5.41) is 0. The molecule has 0 aromatic heterocycles. The predicted molar refractivity (Wildman–Crippen MR) is 94.2 cm³/mol. The molecule has 0 aromatic rings. The summed E-state index contributed by atoms with van der Waals surface area (Å²) in [6, 6.07) is 0. The van der Waals surface area contributed by atoms with Gasteiger partial charge in [-0.2, -0.15) is 0 Å². The molecule has 3 nitrogen and oxygen atoms in total. The van der Waals surface area contributed by atoms with E-state index in [0.29, 0.717) is 0 Å².